The number of hydrogen-bond donors (Lipinski definition) is 2. The molecule has 0 aliphatic carbocycles. The summed E-state index contributed by atoms with van der Waals surface area (Å²) in [6, 6.07) is 7.59. The van der Waals surface area contributed by atoms with Gasteiger partial charge in [0.25, 0.3) is 5.56 Å². The average molecular weight is 362 g/mol. The largest absolute Gasteiger partial charge is 0.497 e. The Hall–Kier alpha value is -2.91. The predicted octanol–water partition coefficient (Wildman–Crippen LogP) is 0.0506. The summed E-state index contributed by atoms with van der Waals surface area (Å²) in [7, 11) is 1.52. The van der Waals surface area contributed by atoms with Gasteiger partial charge in [-0.05, 0) is 24.3 Å². The monoisotopic (exact) mass is 362 g/mol. The third-order valence-electron chi connectivity index (χ3n) is 4.07. The first-order valence-corrected chi connectivity index (χ1v) is 7.94. The van der Waals surface area contributed by atoms with Gasteiger partial charge in [-0.1, -0.05) is 0 Å². The van der Waals surface area contributed by atoms with Gasteiger partial charge < -0.3 is 19.3 Å². The Balaban J connectivity index is 1.60. The van der Waals surface area contributed by atoms with Gasteiger partial charge in [-0.15, -0.1) is 0 Å². The maximum absolute atomic E-state index is 12.1. The number of esters is 1. The van der Waals surface area contributed by atoms with E-state index in [2.05, 4.69) is 4.98 Å². The van der Waals surface area contributed by atoms with Crippen molar-refractivity contribution in [2.24, 2.45) is 0 Å². The van der Waals surface area contributed by atoms with Gasteiger partial charge in [0.05, 0.1) is 18.8 Å². The van der Waals surface area contributed by atoms with Crippen LogP contribution in [0.15, 0.2) is 46.1 Å². The second-order valence-electron chi connectivity index (χ2n) is 5.78. The number of aromatic nitrogens is 2. The number of nitrogens with one attached hydrogen (secondary N) is 1. The Labute approximate surface area is 147 Å². The van der Waals surface area contributed by atoms with Crippen LogP contribution < -0.4 is 16.0 Å². The molecule has 3 rings (SSSR count). The van der Waals surface area contributed by atoms with Gasteiger partial charge in [0.15, 0.2) is 0 Å². The predicted molar refractivity (Wildman–Crippen MR) is 89.1 cm³/mol. The number of aromatic amines is 1. The number of carbonyl (C=O) groups is 1. The molecule has 2 aromatic rings. The molecule has 9 nitrogen and oxygen atoms in total. The molecule has 1 aromatic carbocycles. The second kappa shape index (κ2) is 7.54. The fraction of sp³-hybridized carbons (Fsp3) is 0.353. The molecule has 0 amide bonds. The lowest BCUT2D eigenvalue weighted by atomic mass is 10.2. The molecule has 1 aromatic heterocycles. The number of hydrogen-bond acceptors (Lipinski definition) is 7. The number of aliphatic hydroxyl groups is 1. The van der Waals surface area contributed by atoms with Crippen molar-refractivity contribution in [2.45, 2.75) is 24.9 Å². The summed E-state index contributed by atoms with van der Waals surface area (Å²) in [4.78, 5) is 37.1. The van der Waals surface area contributed by atoms with E-state index in [-0.39, 0.29) is 13.0 Å². The van der Waals surface area contributed by atoms with Crippen LogP contribution in [0, 0.1) is 0 Å². The minimum absolute atomic E-state index is 0.136. The molecule has 1 aliphatic rings. The minimum Gasteiger partial charge on any atom is -0.497 e. The quantitative estimate of drug-likeness (QED) is 0.721. The number of carbonyl (C=O) groups excluding carboxylic acids is 1. The molecule has 0 saturated carbocycles. The Morgan fingerprint density at radius 1 is 1.31 bits per heavy atom. The Bertz CT molecular complexity index is 887. The first-order chi connectivity index (χ1) is 12.5. The van der Waals surface area contributed by atoms with Crippen molar-refractivity contribution in [1.29, 1.82) is 0 Å². The molecular weight excluding hydrogens is 344 g/mol. The zero-order valence-corrected chi connectivity index (χ0v) is 14.0. The van der Waals surface area contributed by atoms with Crippen molar-refractivity contribution in [3.05, 3.63) is 62.9 Å². The molecule has 3 atom stereocenters. The highest BCUT2D eigenvalue weighted by Gasteiger charge is 2.36. The van der Waals surface area contributed by atoms with Gasteiger partial charge in [-0.25, -0.2) is 9.59 Å². The van der Waals surface area contributed by atoms with Gasteiger partial charge in [-0.2, -0.15) is 0 Å². The number of rotatable bonds is 5. The molecule has 2 N–H and O–H groups in total. The summed E-state index contributed by atoms with van der Waals surface area (Å²) < 4.78 is 17.0. The van der Waals surface area contributed by atoms with E-state index in [1.165, 1.54) is 23.9 Å². The second-order valence-corrected chi connectivity index (χ2v) is 5.78. The third-order valence-corrected chi connectivity index (χ3v) is 4.07. The fourth-order valence-electron chi connectivity index (χ4n) is 2.66. The van der Waals surface area contributed by atoms with E-state index in [1.807, 2.05) is 0 Å². The van der Waals surface area contributed by atoms with Crippen LogP contribution in [0.4, 0.5) is 0 Å². The van der Waals surface area contributed by atoms with Crippen molar-refractivity contribution < 1.29 is 24.1 Å². The number of ether oxygens (including phenoxy) is 3. The van der Waals surface area contributed by atoms with Gasteiger partial charge in [-0.3, -0.25) is 14.3 Å². The van der Waals surface area contributed by atoms with Gasteiger partial charge in [0.2, 0.25) is 0 Å². The van der Waals surface area contributed by atoms with Crippen LogP contribution in [0.3, 0.4) is 0 Å². The normalized spacial score (nSPS) is 22.2. The zero-order chi connectivity index (χ0) is 18.7. The van der Waals surface area contributed by atoms with Crippen molar-refractivity contribution in [3.63, 3.8) is 0 Å². The highest BCUT2D eigenvalue weighted by atomic mass is 16.6. The molecule has 1 aliphatic heterocycles. The van der Waals surface area contributed by atoms with Gasteiger partial charge >= 0.3 is 11.7 Å². The van der Waals surface area contributed by atoms with Crippen LogP contribution in [-0.2, 0) is 9.47 Å². The maximum Gasteiger partial charge on any atom is 0.338 e. The van der Waals surface area contributed by atoms with E-state index in [0.717, 1.165) is 0 Å². The smallest absolute Gasteiger partial charge is 0.338 e. The van der Waals surface area contributed by atoms with Crippen LogP contribution in [0.2, 0.25) is 0 Å². The lowest BCUT2D eigenvalue weighted by molar-refractivity contribution is -0.0532. The summed E-state index contributed by atoms with van der Waals surface area (Å²) in [5.74, 6) is 0.0541. The highest BCUT2D eigenvalue weighted by molar-refractivity contribution is 5.89. The van der Waals surface area contributed by atoms with Crippen molar-refractivity contribution in [1.82, 2.24) is 9.55 Å². The lowest BCUT2D eigenvalue weighted by Gasteiger charge is -2.16. The standard InChI is InChI=1S/C17H18N2O7/c1-24-11-4-2-10(3-5-11)16(22)25-9-13-12(20)8-15(26-13)19-7-6-14(21)18-17(19)23/h2-7,12-13,15,20H,8-9H2,1H3,(H,18,21,23)/t12-,13-,15-/m1/s1. The summed E-state index contributed by atoms with van der Waals surface area (Å²) >= 11 is 0. The van der Waals surface area contributed by atoms with Crippen LogP contribution in [0.5, 0.6) is 5.75 Å². The van der Waals surface area contributed by atoms with Gasteiger partial charge in [0.1, 0.15) is 24.7 Å². The van der Waals surface area contributed by atoms with E-state index >= 15 is 0 Å². The van der Waals surface area contributed by atoms with Crippen LogP contribution >= 0.6 is 0 Å². The molecule has 0 unspecified atom stereocenters. The summed E-state index contributed by atoms with van der Waals surface area (Å²) in [6.07, 6.45) is -1.01. The molecule has 138 valence electrons. The molecule has 1 saturated heterocycles. The van der Waals surface area contributed by atoms with Crippen LogP contribution in [0.1, 0.15) is 23.0 Å². The van der Waals surface area contributed by atoms with E-state index in [1.54, 1.807) is 24.3 Å². The lowest BCUT2D eigenvalue weighted by Crippen LogP contribution is -2.32. The number of methoxy groups -OCH3 is 1. The molecule has 26 heavy (non-hydrogen) atoms. The minimum atomic E-state index is -0.914. The third kappa shape index (κ3) is 3.84. The Morgan fingerprint density at radius 3 is 2.69 bits per heavy atom. The van der Waals surface area contributed by atoms with E-state index in [9.17, 15) is 19.5 Å². The maximum atomic E-state index is 12.1. The highest BCUT2D eigenvalue weighted by Crippen LogP contribution is 2.27. The SMILES string of the molecule is COc1ccc(C(=O)OC[C@H]2O[C@@H](n3ccc(=O)[nH]c3=O)C[C@H]2O)cc1. The molecule has 0 spiro atoms. The first kappa shape index (κ1) is 17.9. The molecule has 0 radical (unpaired) electrons. The summed E-state index contributed by atoms with van der Waals surface area (Å²) in [6.45, 7) is -0.166. The fourth-order valence-corrected chi connectivity index (χ4v) is 2.66. The van der Waals surface area contributed by atoms with Crippen molar-refractivity contribution in [2.75, 3.05) is 13.7 Å². The van der Waals surface area contributed by atoms with Crippen LogP contribution in [0.25, 0.3) is 0 Å². The van der Waals surface area contributed by atoms with E-state index < -0.39 is 35.7 Å². The summed E-state index contributed by atoms with van der Waals surface area (Å²) in [5.41, 5.74) is -0.813. The molecular formula is C17H18N2O7. The zero-order valence-electron chi connectivity index (χ0n) is 14.0. The Morgan fingerprint density at radius 2 is 2.04 bits per heavy atom. The summed E-state index contributed by atoms with van der Waals surface area (Å²) in [5, 5.41) is 10.1. The number of nitrogens with zero attached hydrogens (tertiary/aromatic N) is 1. The van der Waals surface area contributed by atoms with Gasteiger partial charge in [0, 0.05) is 18.7 Å². The molecule has 1 fully saturated rings. The van der Waals surface area contributed by atoms with Crippen LogP contribution in [-0.4, -0.2) is 46.6 Å². The van der Waals surface area contributed by atoms with Crippen molar-refractivity contribution >= 4 is 5.97 Å². The van der Waals surface area contributed by atoms with Crippen molar-refractivity contribution in [3.8, 4) is 5.75 Å². The van der Waals surface area contributed by atoms with E-state index in [4.69, 9.17) is 14.2 Å². The number of H-pyrrole nitrogens is 1. The Kier molecular flexibility index (Phi) is 5.19. The number of aliphatic hydroxyl groups excluding tert-OH is 1. The topological polar surface area (TPSA) is 120 Å². The molecule has 0 bridgehead atoms. The number of benzene rings is 1. The molecule has 2 heterocycles. The first-order valence-electron chi connectivity index (χ1n) is 7.94. The molecule has 9 heteroatoms. The van der Waals surface area contributed by atoms with E-state index in [0.29, 0.717) is 11.3 Å². The average Bonchev–Trinajstić information content (AvgIpc) is 3.00.